The Hall–Kier alpha value is -4.62. The lowest BCUT2D eigenvalue weighted by Crippen LogP contribution is -2.45. The fourth-order valence-electron chi connectivity index (χ4n) is 8.17. The average molecular weight is 792 g/mol. The molecule has 0 bridgehead atoms. The third-order valence-corrected chi connectivity index (χ3v) is 11.8. The first kappa shape index (κ1) is 42.0. The van der Waals surface area contributed by atoms with Crippen LogP contribution in [0.15, 0.2) is 67.0 Å². The van der Waals surface area contributed by atoms with Gasteiger partial charge in [-0.25, -0.2) is 0 Å². The van der Waals surface area contributed by atoms with Gasteiger partial charge in [-0.15, -0.1) is 0 Å². The quantitative estimate of drug-likeness (QED) is 0.0978. The van der Waals surface area contributed by atoms with Crippen LogP contribution >= 0.6 is 11.6 Å². The number of nitrogens with zero attached hydrogens (tertiary/aromatic N) is 5. The summed E-state index contributed by atoms with van der Waals surface area (Å²) in [5, 5.41) is 9.90. The molecule has 2 aliphatic heterocycles. The highest BCUT2D eigenvalue weighted by molar-refractivity contribution is 6.32. The molecule has 0 N–H and O–H groups in total. The monoisotopic (exact) mass is 791 g/mol. The third kappa shape index (κ3) is 11.1. The van der Waals surface area contributed by atoms with E-state index in [2.05, 4.69) is 78.9 Å². The van der Waals surface area contributed by atoms with Crippen molar-refractivity contribution < 1.29 is 19.0 Å². The minimum atomic E-state index is 0.101. The number of likely N-dealkylation sites (tertiary alicyclic amines) is 2. The molecule has 1 unspecified atom stereocenters. The van der Waals surface area contributed by atoms with Crippen LogP contribution in [0.2, 0.25) is 5.02 Å². The number of hydrogen-bond donors (Lipinski definition) is 0. The molecule has 0 aliphatic carbocycles. The number of aromatic nitrogens is 1. The number of halogens is 1. The lowest BCUT2D eigenvalue weighted by atomic mass is 9.93. The molecule has 2 saturated heterocycles. The minimum absolute atomic E-state index is 0.101. The van der Waals surface area contributed by atoms with E-state index in [0.29, 0.717) is 41.2 Å². The molecule has 3 heterocycles. The van der Waals surface area contributed by atoms with Crippen LogP contribution in [0.3, 0.4) is 0 Å². The van der Waals surface area contributed by atoms with Crippen LogP contribution in [0.4, 0.5) is 0 Å². The van der Waals surface area contributed by atoms with E-state index in [9.17, 15) is 10.1 Å². The van der Waals surface area contributed by atoms with Gasteiger partial charge in [-0.3, -0.25) is 14.7 Å². The van der Waals surface area contributed by atoms with Crippen LogP contribution in [-0.2, 0) is 24.6 Å². The number of carbonyl (C=O) groups excluding carboxylic acids is 1. The fourth-order valence-corrected chi connectivity index (χ4v) is 8.41. The standard InChI is InChI=1S/C47H58ClN5O4/c1-5-53(6-2)47(54)38-15-12-21-52(30-38)22-13-23-55-44-18-11-17-42(35(44)4)41-16-10-14-39(34(41)3)33-57-46-26-45(56-32-37-24-36(27-49)28-50-29-37)40(25-43(46)48)31-51-19-8-7-9-20-51/h10-11,14,16-18,24-26,28-29,38H,5-9,12-13,15,19-23,30-33H2,1-4H3. The number of nitriles is 1. The summed E-state index contributed by atoms with van der Waals surface area (Å²) in [6.07, 6.45) is 9.87. The Labute approximate surface area is 344 Å². The zero-order valence-corrected chi connectivity index (χ0v) is 35.0. The third-order valence-electron chi connectivity index (χ3n) is 11.5. The average Bonchev–Trinajstić information content (AvgIpc) is 3.23. The van der Waals surface area contributed by atoms with Gasteiger partial charge in [0.25, 0.3) is 0 Å². The van der Waals surface area contributed by atoms with E-state index in [1.807, 2.05) is 23.1 Å². The van der Waals surface area contributed by atoms with Crippen molar-refractivity contribution in [1.29, 1.82) is 5.26 Å². The Bertz CT molecular complexity index is 2000. The van der Waals surface area contributed by atoms with Gasteiger partial charge < -0.3 is 24.0 Å². The highest BCUT2D eigenvalue weighted by atomic mass is 35.5. The van der Waals surface area contributed by atoms with Crippen LogP contribution in [0.25, 0.3) is 11.1 Å². The SMILES string of the molecule is CCN(CC)C(=O)C1CCCN(CCCOc2cccc(-c3cccc(COc4cc(OCc5cncc(C#N)c5)c(CN5CCCCC5)cc4Cl)c3C)c2C)C1. The van der Waals surface area contributed by atoms with Gasteiger partial charge >= 0.3 is 0 Å². The Morgan fingerprint density at radius 1 is 0.842 bits per heavy atom. The molecule has 2 aliphatic rings. The Kier molecular flexibility index (Phi) is 15.2. The number of piperidine rings is 2. The summed E-state index contributed by atoms with van der Waals surface area (Å²) >= 11 is 6.91. The van der Waals surface area contributed by atoms with Crippen LogP contribution in [-0.4, -0.2) is 78.0 Å². The zero-order valence-electron chi connectivity index (χ0n) is 34.2. The highest BCUT2D eigenvalue weighted by Gasteiger charge is 2.28. The predicted octanol–water partition coefficient (Wildman–Crippen LogP) is 9.38. The number of pyridine rings is 1. The predicted molar refractivity (Wildman–Crippen MR) is 227 cm³/mol. The smallest absolute Gasteiger partial charge is 0.226 e. The summed E-state index contributed by atoms with van der Waals surface area (Å²) in [5.41, 5.74) is 7.90. The number of ether oxygens (including phenoxy) is 3. The summed E-state index contributed by atoms with van der Waals surface area (Å²) in [7, 11) is 0. The van der Waals surface area contributed by atoms with Crippen molar-refractivity contribution in [3.63, 3.8) is 0 Å². The second-order valence-corrected chi connectivity index (χ2v) is 15.8. The van der Waals surface area contributed by atoms with Gasteiger partial charge in [0.05, 0.1) is 23.1 Å². The minimum Gasteiger partial charge on any atom is -0.493 e. The molecule has 2 fully saturated rings. The number of rotatable bonds is 17. The van der Waals surface area contributed by atoms with Crippen LogP contribution < -0.4 is 14.2 Å². The van der Waals surface area contributed by atoms with Crippen molar-refractivity contribution in [2.45, 2.75) is 86.0 Å². The topological polar surface area (TPSA) is 91.2 Å². The first-order chi connectivity index (χ1) is 27.8. The second-order valence-electron chi connectivity index (χ2n) is 15.4. The normalized spacial score (nSPS) is 16.2. The molecule has 57 heavy (non-hydrogen) atoms. The van der Waals surface area contributed by atoms with E-state index in [0.717, 1.165) is 116 Å². The molecule has 1 aromatic heterocycles. The lowest BCUT2D eigenvalue weighted by molar-refractivity contribution is -0.137. The zero-order chi connectivity index (χ0) is 40.1. The van der Waals surface area contributed by atoms with Crippen molar-refractivity contribution in [2.24, 2.45) is 5.92 Å². The van der Waals surface area contributed by atoms with E-state index in [-0.39, 0.29) is 12.5 Å². The molecular weight excluding hydrogens is 734 g/mol. The van der Waals surface area contributed by atoms with Gasteiger partial charge in [0.15, 0.2) is 0 Å². The molecule has 3 aromatic carbocycles. The maximum absolute atomic E-state index is 13.0. The van der Waals surface area contributed by atoms with E-state index in [1.165, 1.54) is 19.3 Å². The Balaban J connectivity index is 1.10. The lowest BCUT2D eigenvalue weighted by Gasteiger charge is -2.34. The van der Waals surface area contributed by atoms with Gasteiger partial charge in [-0.05, 0) is 125 Å². The van der Waals surface area contributed by atoms with E-state index in [1.54, 1.807) is 18.5 Å². The number of benzene rings is 3. The molecule has 0 saturated carbocycles. The van der Waals surface area contributed by atoms with Crippen molar-refractivity contribution in [2.75, 3.05) is 52.4 Å². The maximum atomic E-state index is 13.0. The summed E-state index contributed by atoms with van der Waals surface area (Å²) < 4.78 is 19.2. The van der Waals surface area contributed by atoms with E-state index >= 15 is 0 Å². The Morgan fingerprint density at radius 3 is 2.35 bits per heavy atom. The molecule has 302 valence electrons. The number of amides is 1. The molecule has 4 aromatic rings. The first-order valence-corrected chi connectivity index (χ1v) is 21.1. The highest BCUT2D eigenvalue weighted by Crippen LogP contribution is 2.37. The Morgan fingerprint density at radius 2 is 1.58 bits per heavy atom. The van der Waals surface area contributed by atoms with Gasteiger partial charge in [0, 0.05) is 62.3 Å². The summed E-state index contributed by atoms with van der Waals surface area (Å²) in [4.78, 5) is 24.0. The molecule has 1 atom stereocenters. The summed E-state index contributed by atoms with van der Waals surface area (Å²) in [6, 6.07) is 20.4. The van der Waals surface area contributed by atoms with Crippen LogP contribution in [0, 0.1) is 31.1 Å². The molecule has 6 rings (SSSR count). The second kappa shape index (κ2) is 20.7. The number of hydrogen-bond acceptors (Lipinski definition) is 8. The van der Waals surface area contributed by atoms with Crippen molar-refractivity contribution in [3.05, 3.63) is 105 Å². The van der Waals surface area contributed by atoms with E-state index < -0.39 is 0 Å². The van der Waals surface area contributed by atoms with E-state index in [4.69, 9.17) is 25.8 Å². The fraction of sp³-hybridized carbons (Fsp3) is 0.468. The molecular formula is C47H58ClN5O4. The van der Waals surface area contributed by atoms with Gasteiger partial charge in [-0.2, -0.15) is 5.26 Å². The molecule has 1 amide bonds. The summed E-state index contributed by atoms with van der Waals surface area (Å²) in [6.45, 7) is 16.8. The summed E-state index contributed by atoms with van der Waals surface area (Å²) in [5.74, 6) is 2.56. The van der Waals surface area contributed by atoms with Crippen molar-refractivity contribution >= 4 is 17.5 Å². The van der Waals surface area contributed by atoms with Crippen molar-refractivity contribution in [1.82, 2.24) is 19.7 Å². The van der Waals surface area contributed by atoms with Gasteiger partial charge in [0.2, 0.25) is 5.91 Å². The molecule has 9 nitrogen and oxygen atoms in total. The van der Waals surface area contributed by atoms with Crippen molar-refractivity contribution in [3.8, 4) is 34.4 Å². The number of carbonyl (C=O) groups is 1. The van der Waals surface area contributed by atoms with Gasteiger partial charge in [0.1, 0.15) is 36.5 Å². The maximum Gasteiger partial charge on any atom is 0.226 e. The van der Waals surface area contributed by atoms with Gasteiger partial charge in [-0.1, -0.05) is 48.4 Å². The largest absolute Gasteiger partial charge is 0.493 e. The molecule has 0 spiro atoms. The molecule has 0 radical (unpaired) electrons. The molecule has 10 heteroatoms. The van der Waals surface area contributed by atoms with Crippen LogP contribution in [0.5, 0.6) is 17.2 Å². The van der Waals surface area contributed by atoms with Crippen LogP contribution in [0.1, 0.15) is 85.8 Å². The first-order valence-electron chi connectivity index (χ1n) is 20.7.